The van der Waals surface area contributed by atoms with E-state index in [1.807, 2.05) is 18.2 Å². The molecular formula is C42H27N3S. The van der Waals surface area contributed by atoms with Crippen molar-refractivity contribution in [1.29, 1.82) is 10.5 Å². The molecule has 0 bridgehead atoms. The predicted octanol–water partition coefficient (Wildman–Crippen LogP) is 12.0. The first-order valence-electron chi connectivity index (χ1n) is 15.2. The molecule has 46 heavy (non-hydrogen) atoms. The highest BCUT2D eigenvalue weighted by Crippen LogP contribution is 2.47. The van der Waals surface area contributed by atoms with E-state index in [2.05, 4.69) is 134 Å². The average Bonchev–Trinajstić information content (AvgIpc) is 3.56. The summed E-state index contributed by atoms with van der Waals surface area (Å²) in [5.41, 5.74) is 7.13. The molecule has 0 N–H and O–H groups in total. The van der Waals surface area contributed by atoms with Crippen LogP contribution in [0.5, 0.6) is 0 Å². The normalized spacial score (nSPS) is 11.2. The maximum absolute atomic E-state index is 9.23. The van der Waals surface area contributed by atoms with Crippen LogP contribution in [-0.4, -0.2) is 0 Å². The first-order valence-corrected chi connectivity index (χ1v) is 16.0. The number of thiophene rings is 1. The van der Waals surface area contributed by atoms with Crippen molar-refractivity contribution >= 4 is 77.6 Å². The van der Waals surface area contributed by atoms with Gasteiger partial charge in [-0.15, -0.1) is 11.3 Å². The highest BCUT2D eigenvalue weighted by atomic mass is 32.1. The summed E-state index contributed by atoms with van der Waals surface area (Å²) in [5, 5.41) is 28.3. The molecule has 0 saturated carbocycles. The van der Waals surface area contributed by atoms with Crippen LogP contribution >= 0.6 is 11.3 Å². The minimum Gasteiger partial charge on any atom is -0.310 e. The first kappa shape index (κ1) is 27.6. The third-order valence-electron chi connectivity index (χ3n) is 8.88. The molecule has 0 aliphatic heterocycles. The number of allylic oxidation sites excluding steroid dienone is 1. The standard InChI is InChI=1S/C42H27N3S/c1-26-9-13-29(14-10-26)45(30-15-11-27(2)12-16-30)39-21-20-37-36-19-18-32(40-22-17-31(46-40)23-28(24-43)25-44)33-5-3-6-34(41(33)36)35-7-4-8-38(39)42(35)37/h3-23H,1-2H3. The second-order valence-corrected chi connectivity index (χ2v) is 12.9. The van der Waals surface area contributed by atoms with Gasteiger partial charge in [-0.2, -0.15) is 10.5 Å². The van der Waals surface area contributed by atoms with Crippen molar-refractivity contribution < 1.29 is 0 Å². The SMILES string of the molecule is Cc1ccc(N(c2ccc(C)cc2)c2ccc3c4ccc(-c5ccc(C=C(C#N)C#N)s5)c5cccc(c6cccc2c63)c54)cc1. The number of rotatable bonds is 5. The van der Waals surface area contributed by atoms with Crippen molar-refractivity contribution in [3.63, 3.8) is 0 Å². The Bertz CT molecular complexity index is 2480. The van der Waals surface area contributed by atoms with E-state index in [0.29, 0.717) is 0 Å². The van der Waals surface area contributed by atoms with E-state index in [4.69, 9.17) is 0 Å². The van der Waals surface area contributed by atoms with Crippen LogP contribution < -0.4 is 4.90 Å². The lowest BCUT2D eigenvalue weighted by molar-refractivity contribution is 1.28. The van der Waals surface area contributed by atoms with Crippen LogP contribution in [0.1, 0.15) is 16.0 Å². The zero-order chi connectivity index (χ0) is 31.4. The lowest BCUT2D eigenvalue weighted by Gasteiger charge is -2.28. The smallest absolute Gasteiger partial charge is 0.131 e. The maximum atomic E-state index is 9.23. The molecule has 0 amide bonds. The summed E-state index contributed by atoms with van der Waals surface area (Å²) in [7, 11) is 0. The van der Waals surface area contributed by atoms with Crippen molar-refractivity contribution in [2.45, 2.75) is 13.8 Å². The number of fused-ring (bicyclic) bond motifs is 2. The molecule has 0 atom stereocenters. The molecule has 0 aliphatic carbocycles. The Morgan fingerprint density at radius 3 is 1.70 bits per heavy atom. The monoisotopic (exact) mass is 605 g/mol. The van der Waals surface area contributed by atoms with Crippen LogP contribution in [0.15, 0.2) is 127 Å². The summed E-state index contributed by atoms with van der Waals surface area (Å²) < 4.78 is 0. The number of nitrogens with zero attached hydrogens (tertiary/aromatic N) is 3. The molecule has 7 aromatic carbocycles. The summed E-state index contributed by atoms with van der Waals surface area (Å²) >= 11 is 1.60. The predicted molar refractivity (Wildman–Crippen MR) is 194 cm³/mol. The Morgan fingerprint density at radius 2 is 1.09 bits per heavy atom. The Kier molecular flexibility index (Phi) is 6.54. The Balaban J connectivity index is 1.38. The lowest BCUT2D eigenvalue weighted by Crippen LogP contribution is -2.10. The molecule has 0 fully saturated rings. The summed E-state index contributed by atoms with van der Waals surface area (Å²) in [4.78, 5) is 4.37. The summed E-state index contributed by atoms with van der Waals surface area (Å²) in [5.74, 6) is 0. The van der Waals surface area contributed by atoms with E-state index in [1.54, 1.807) is 17.4 Å². The zero-order valence-electron chi connectivity index (χ0n) is 25.4. The van der Waals surface area contributed by atoms with Crippen molar-refractivity contribution in [3.8, 4) is 22.6 Å². The van der Waals surface area contributed by atoms with Gasteiger partial charge in [0.2, 0.25) is 0 Å². The Labute approximate surface area is 271 Å². The highest BCUT2D eigenvalue weighted by molar-refractivity contribution is 7.16. The van der Waals surface area contributed by atoms with E-state index < -0.39 is 0 Å². The van der Waals surface area contributed by atoms with E-state index in [0.717, 1.165) is 32.4 Å². The van der Waals surface area contributed by atoms with Crippen LogP contribution in [0.2, 0.25) is 0 Å². The van der Waals surface area contributed by atoms with Gasteiger partial charge in [-0.05, 0) is 106 Å². The molecule has 1 heterocycles. The second-order valence-electron chi connectivity index (χ2n) is 11.7. The van der Waals surface area contributed by atoms with Crippen LogP contribution in [-0.2, 0) is 0 Å². The fourth-order valence-electron chi connectivity index (χ4n) is 6.73. The number of aryl methyl sites for hydroxylation is 2. The van der Waals surface area contributed by atoms with Crippen molar-refractivity contribution in [2.24, 2.45) is 0 Å². The molecule has 0 aliphatic rings. The van der Waals surface area contributed by atoms with Crippen LogP contribution in [0.4, 0.5) is 17.1 Å². The third kappa shape index (κ3) is 4.39. The van der Waals surface area contributed by atoms with Gasteiger partial charge in [-0.25, -0.2) is 0 Å². The highest BCUT2D eigenvalue weighted by Gasteiger charge is 2.20. The van der Waals surface area contributed by atoms with Gasteiger partial charge in [0.25, 0.3) is 0 Å². The quantitative estimate of drug-likeness (QED) is 0.111. The molecular weight excluding hydrogens is 579 g/mol. The molecule has 8 aromatic rings. The number of hydrogen-bond acceptors (Lipinski definition) is 4. The summed E-state index contributed by atoms with van der Waals surface area (Å²) in [6.07, 6.45) is 1.66. The van der Waals surface area contributed by atoms with Crippen LogP contribution in [0.25, 0.3) is 59.6 Å². The van der Waals surface area contributed by atoms with Gasteiger partial charge in [-0.1, -0.05) is 90.0 Å². The molecule has 4 heteroatoms. The number of nitriles is 2. The molecule has 1 aromatic heterocycles. The first-order chi connectivity index (χ1) is 22.5. The Morgan fingerprint density at radius 1 is 0.565 bits per heavy atom. The molecule has 0 spiro atoms. The largest absolute Gasteiger partial charge is 0.310 e. The van der Waals surface area contributed by atoms with Gasteiger partial charge in [0.15, 0.2) is 0 Å². The summed E-state index contributed by atoms with van der Waals surface area (Å²) in [6, 6.07) is 47.8. The molecule has 8 rings (SSSR count). The Hall–Kier alpha value is -5.94. The van der Waals surface area contributed by atoms with Gasteiger partial charge in [0.05, 0.1) is 5.69 Å². The maximum Gasteiger partial charge on any atom is 0.131 e. The van der Waals surface area contributed by atoms with Crippen LogP contribution in [0, 0.1) is 36.5 Å². The second kappa shape index (κ2) is 10.9. The lowest BCUT2D eigenvalue weighted by atomic mass is 9.87. The van der Waals surface area contributed by atoms with E-state index >= 15 is 0 Å². The van der Waals surface area contributed by atoms with Gasteiger partial charge < -0.3 is 4.90 Å². The van der Waals surface area contributed by atoms with E-state index in [-0.39, 0.29) is 5.57 Å². The van der Waals surface area contributed by atoms with Gasteiger partial charge in [0, 0.05) is 26.5 Å². The number of hydrogen-bond donors (Lipinski definition) is 0. The van der Waals surface area contributed by atoms with E-state index in [9.17, 15) is 10.5 Å². The fourth-order valence-corrected chi connectivity index (χ4v) is 7.72. The fraction of sp³-hybridized carbons (Fsp3) is 0.0476. The zero-order valence-corrected chi connectivity index (χ0v) is 26.2. The molecule has 0 unspecified atom stereocenters. The minimum atomic E-state index is 0.109. The van der Waals surface area contributed by atoms with Crippen molar-refractivity contribution in [2.75, 3.05) is 4.90 Å². The van der Waals surface area contributed by atoms with Crippen LogP contribution in [0.3, 0.4) is 0 Å². The van der Waals surface area contributed by atoms with Gasteiger partial charge >= 0.3 is 0 Å². The van der Waals surface area contributed by atoms with E-state index in [1.165, 1.54) is 54.2 Å². The topological polar surface area (TPSA) is 50.8 Å². The molecule has 0 saturated heterocycles. The number of anilines is 3. The van der Waals surface area contributed by atoms with Gasteiger partial charge in [-0.3, -0.25) is 0 Å². The number of benzene rings is 7. The molecule has 0 radical (unpaired) electrons. The molecule has 3 nitrogen and oxygen atoms in total. The third-order valence-corrected chi connectivity index (χ3v) is 9.95. The minimum absolute atomic E-state index is 0.109. The molecule has 216 valence electrons. The average molecular weight is 606 g/mol. The van der Waals surface area contributed by atoms with Crippen molar-refractivity contribution in [3.05, 3.63) is 143 Å². The van der Waals surface area contributed by atoms with Crippen molar-refractivity contribution in [1.82, 2.24) is 0 Å². The van der Waals surface area contributed by atoms with Gasteiger partial charge in [0.1, 0.15) is 17.7 Å². The summed E-state index contributed by atoms with van der Waals surface area (Å²) in [6.45, 7) is 4.25.